The van der Waals surface area contributed by atoms with Crippen LogP contribution in [-0.2, 0) is 4.79 Å². The van der Waals surface area contributed by atoms with Gasteiger partial charge in [-0.1, -0.05) is 20.8 Å². The number of fused-ring (bicyclic) bond motifs is 1. The van der Waals surface area contributed by atoms with Crippen LogP contribution in [0.1, 0.15) is 45.0 Å². The molecule has 0 aliphatic rings. The molecule has 6 nitrogen and oxygen atoms in total. The Kier molecular flexibility index (Phi) is 4.28. The first-order valence-corrected chi connectivity index (χ1v) is 8.64. The van der Waals surface area contributed by atoms with E-state index in [0.29, 0.717) is 33.8 Å². The third-order valence-electron chi connectivity index (χ3n) is 3.95. The molecule has 0 aliphatic heterocycles. The summed E-state index contributed by atoms with van der Waals surface area (Å²) < 4.78 is 6.74. The van der Waals surface area contributed by atoms with Crippen molar-refractivity contribution in [2.24, 2.45) is 0 Å². The molecule has 0 radical (unpaired) electrons. The first-order valence-electron chi connectivity index (χ1n) is 7.76. The van der Waals surface area contributed by atoms with Gasteiger partial charge in [-0.25, -0.2) is 9.78 Å². The summed E-state index contributed by atoms with van der Waals surface area (Å²) in [6.45, 7) is 5.56. The van der Waals surface area contributed by atoms with Crippen molar-refractivity contribution in [1.29, 1.82) is 0 Å². The lowest BCUT2D eigenvalue weighted by molar-refractivity contribution is -0.141. The summed E-state index contributed by atoms with van der Waals surface area (Å²) in [4.78, 5) is 30.0. The van der Waals surface area contributed by atoms with Crippen molar-refractivity contribution in [2.75, 3.05) is 0 Å². The summed E-state index contributed by atoms with van der Waals surface area (Å²) in [6.07, 6.45) is 1.85. The molecule has 1 atom stereocenters. The summed E-state index contributed by atoms with van der Waals surface area (Å²) >= 11 is 1.36. The minimum absolute atomic E-state index is 0.0651. The van der Waals surface area contributed by atoms with Crippen LogP contribution in [0.4, 0.5) is 0 Å². The summed E-state index contributed by atoms with van der Waals surface area (Å²) in [5.74, 6) is -0.0240. The molecule has 0 spiro atoms. The van der Waals surface area contributed by atoms with Crippen molar-refractivity contribution in [3.63, 3.8) is 0 Å². The van der Waals surface area contributed by atoms with Crippen LogP contribution < -0.4 is 5.56 Å². The number of thiophene rings is 1. The molecule has 7 heteroatoms. The molecule has 0 amide bonds. The summed E-state index contributed by atoms with van der Waals surface area (Å²) in [5.41, 5.74) is 0.326. The van der Waals surface area contributed by atoms with E-state index >= 15 is 0 Å². The van der Waals surface area contributed by atoms with Gasteiger partial charge in [0, 0.05) is 16.9 Å². The lowest BCUT2D eigenvalue weighted by Crippen LogP contribution is -2.33. The molecule has 126 valence electrons. The highest BCUT2D eigenvalue weighted by atomic mass is 32.1. The number of aromatic nitrogens is 2. The van der Waals surface area contributed by atoms with Crippen LogP contribution in [0.2, 0.25) is 0 Å². The van der Waals surface area contributed by atoms with Gasteiger partial charge in [-0.3, -0.25) is 9.36 Å². The van der Waals surface area contributed by atoms with E-state index in [2.05, 4.69) is 4.98 Å². The normalized spacial score (nSPS) is 12.8. The van der Waals surface area contributed by atoms with Crippen LogP contribution in [0.3, 0.4) is 0 Å². The molecule has 1 unspecified atom stereocenters. The van der Waals surface area contributed by atoms with E-state index in [4.69, 9.17) is 4.42 Å². The molecular formula is C17H18N2O4S. The largest absolute Gasteiger partial charge is 0.480 e. The molecule has 24 heavy (non-hydrogen) atoms. The van der Waals surface area contributed by atoms with Gasteiger partial charge in [-0.15, -0.1) is 11.3 Å². The molecule has 3 aromatic rings. The summed E-state index contributed by atoms with van der Waals surface area (Å²) in [6, 6.07) is 2.59. The van der Waals surface area contributed by atoms with Gasteiger partial charge in [0.15, 0.2) is 0 Å². The Morgan fingerprint density at radius 3 is 2.75 bits per heavy atom. The molecule has 0 saturated carbocycles. The lowest BCUT2D eigenvalue weighted by atomic mass is 10.1. The van der Waals surface area contributed by atoms with E-state index in [1.54, 1.807) is 25.3 Å². The second kappa shape index (κ2) is 6.24. The second-order valence-electron chi connectivity index (χ2n) is 5.87. The molecular weight excluding hydrogens is 328 g/mol. The van der Waals surface area contributed by atoms with Gasteiger partial charge in [0.05, 0.1) is 11.6 Å². The Labute approximate surface area is 142 Å². The van der Waals surface area contributed by atoms with Gasteiger partial charge in [0.25, 0.3) is 5.56 Å². The van der Waals surface area contributed by atoms with Crippen molar-refractivity contribution in [3.8, 4) is 11.3 Å². The number of furan rings is 1. The topological polar surface area (TPSA) is 85.3 Å². The minimum Gasteiger partial charge on any atom is -0.480 e. The van der Waals surface area contributed by atoms with Gasteiger partial charge in [0.1, 0.15) is 22.5 Å². The maximum Gasteiger partial charge on any atom is 0.326 e. The average Bonchev–Trinajstić information content (AvgIpc) is 3.17. The first-order chi connectivity index (χ1) is 11.5. The molecule has 0 fully saturated rings. The fourth-order valence-electron chi connectivity index (χ4n) is 2.81. The van der Waals surface area contributed by atoms with Crippen molar-refractivity contribution >= 4 is 27.5 Å². The van der Waals surface area contributed by atoms with E-state index in [-0.39, 0.29) is 11.5 Å². The highest BCUT2D eigenvalue weighted by Crippen LogP contribution is 2.32. The maximum absolute atomic E-state index is 13.2. The molecule has 3 heterocycles. The number of nitrogens with zero attached hydrogens (tertiary/aromatic N) is 2. The molecule has 0 bridgehead atoms. The minimum atomic E-state index is -1.03. The van der Waals surface area contributed by atoms with Crippen molar-refractivity contribution in [1.82, 2.24) is 9.55 Å². The molecule has 3 rings (SSSR count). The van der Waals surface area contributed by atoms with Crippen molar-refractivity contribution in [3.05, 3.63) is 40.0 Å². The summed E-state index contributed by atoms with van der Waals surface area (Å²) in [7, 11) is 0. The Morgan fingerprint density at radius 2 is 2.21 bits per heavy atom. The molecule has 0 aromatic carbocycles. The predicted molar refractivity (Wildman–Crippen MR) is 92.6 cm³/mol. The Bertz CT molecular complexity index is 938. The van der Waals surface area contributed by atoms with Crippen LogP contribution in [0.25, 0.3) is 21.5 Å². The number of hydrogen-bond donors (Lipinski definition) is 1. The van der Waals surface area contributed by atoms with Crippen molar-refractivity contribution in [2.45, 2.75) is 39.2 Å². The van der Waals surface area contributed by atoms with Crippen LogP contribution >= 0.6 is 11.3 Å². The monoisotopic (exact) mass is 346 g/mol. The lowest BCUT2D eigenvalue weighted by Gasteiger charge is -2.20. The highest BCUT2D eigenvalue weighted by molar-refractivity contribution is 7.17. The molecule has 0 saturated heterocycles. The van der Waals surface area contributed by atoms with E-state index in [1.807, 2.05) is 19.2 Å². The number of rotatable bonds is 5. The van der Waals surface area contributed by atoms with Crippen LogP contribution in [0.5, 0.6) is 0 Å². The number of hydrogen-bond acceptors (Lipinski definition) is 5. The fraction of sp³-hybridized carbons (Fsp3) is 0.353. The van der Waals surface area contributed by atoms with Crippen LogP contribution in [-0.4, -0.2) is 20.6 Å². The number of carbonyl (C=O) groups is 1. The van der Waals surface area contributed by atoms with E-state index < -0.39 is 12.0 Å². The van der Waals surface area contributed by atoms with E-state index in [1.165, 1.54) is 15.9 Å². The SMILES string of the molecule is CCC(C(=O)O)n1c(C(C)C)nc2scc(-c3ccco3)c2c1=O. The summed E-state index contributed by atoms with van der Waals surface area (Å²) in [5, 5.41) is 11.8. The predicted octanol–water partition coefficient (Wildman–Crippen LogP) is 3.88. The first kappa shape index (κ1) is 16.4. The number of carboxylic acids is 1. The standard InChI is InChI=1S/C17H18N2O4S/c1-4-11(17(21)22)19-14(9(2)3)18-15-13(16(19)20)10(8-24-15)12-6-5-7-23-12/h5-9,11H,4H2,1-3H3,(H,21,22). The Hall–Kier alpha value is -2.41. The Balaban J connectivity index is 2.38. The smallest absolute Gasteiger partial charge is 0.326 e. The third-order valence-corrected chi connectivity index (χ3v) is 4.83. The molecule has 1 N–H and O–H groups in total. The van der Waals surface area contributed by atoms with Crippen LogP contribution in [0, 0.1) is 0 Å². The van der Waals surface area contributed by atoms with Crippen molar-refractivity contribution < 1.29 is 14.3 Å². The second-order valence-corrected chi connectivity index (χ2v) is 6.73. The highest BCUT2D eigenvalue weighted by Gasteiger charge is 2.27. The fourth-order valence-corrected chi connectivity index (χ4v) is 3.73. The van der Waals surface area contributed by atoms with Gasteiger partial charge in [-0.2, -0.15) is 0 Å². The third kappa shape index (κ3) is 2.54. The average molecular weight is 346 g/mol. The van der Waals surface area contributed by atoms with Gasteiger partial charge < -0.3 is 9.52 Å². The molecule has 0 aliphatic carbocycles. The zero-order valence-corrected chi connectivity index (χ0v) is 14.5. The van der Waals surface area contributed by atoms with Gasteiger partial charge in [0.2, 0.25) is 0 Å². The van der Waals surface area contributed by atoms with Gasteiger partial charge >= 0.3 is 5.97 Å². The van der Waals surface area contributed by atoms with E-state index in [0.717, 1.165) is 0 Å². The Morgan fingerprint density at radius 1 is 1.46 bits per heavy atom. The van der Waals surface area contributed by atoms with E-state index in [9.17, 15) is 14.7 Å². The zero-order chi connectivity index (χ0) is 17.4. The maximum atomic E-state index is 13.2. The van der Waals surface area contributed by atoms with Crippen LogP contribution in [0.15, 0.2) is 33.0 Å². The quantitative estimate of drug-likeness (QED) is 0.758. The van der Waals surface area contributed by atoms with Gasteiger partial charge in [-0.05, 0) is 18.6 Å². The zero-order valence-electron chi connectivity index (χ0n) is 13.6. The number of carboxylic acid groups (broad SMARTS) is 1. The molecule has 3 aromatic heterocycles. The number of aliphatic carboxylic acids is 1.